The summed E-state index contributed by atoms with van der Waals surface area (Å²) in [6.45, 7) is 8.74. The largest absolute Gasteiger partial charge is 0.389 e. The summed E-state index contributed by atoms with van der Waals surface area (Å²) in [6.07, 6.45) is 4.74. The lowest BCUT2D eigenvalue weighted by Crippen LogP contribution is -2.39. The molecule has 1 N–H and O–H groups in total. The van der Waals surface area contributed by atoms with E-state index in [2.05, 4.69) is 46.8 Å². The van der Waals surface area contributed by atoms with E-state index in [4.69, 9.17) is 0 Å². The van der Waals surface area contributed by atoms with Gasteiger partial charge in [0.25, 0.3) is 0 Å². The summed E-state index contributed by atoms with van der Waals surface area (Å²) in [5.41, 5.74) is 2.79. The van der Waals surface area contributed by atoms with Gasteiger partial charge in [0.2, 0.25) is 0 Å². The predicted octanol–water partition coefficient (Wildman–Crippen LogP) is 4.91. The van der Waals surface area contributed by atoms with Crippen molar-refractivity contribution in [2.75, 3.05) is 18.0 Å². The van der Waals surface area contributed by atoms with Crippen LogP contribution < -0.4 is 4.90 Å². The average Bonchev–Trinajstić information content (AvgIpc) is 2.47. The number of aliphatic hydroxyl groups excluding tert-OH is 1. The first-order valence-electron chi connectivity index (χ1n) is 7.74. The number of aliphatic hydroxyl groups is 1. The van der Waals surface area contributed by atoms with Gasteiger partial charge in [-0.15, -0.1) is 0 Å². The smallest absolute Gasteiger partial charge is 0.0772 e. The van der Waals surface area contributed by atoms with Crippen molar-refractivity contribution in [1.29, 1.82) is 0 Å². The van der Waals surface area contributed by atoms with E-state index in [1.165, 1.54) is 31.4 Å². The van der Waals surface area contributed by atoms with Gasteiger partial charge in [0.05, 0.1) is 6.10 Å². The molecule has 0 aromatic heterocycles. The molecule has 20 heavy (non-hydrogen) atoms. The summed E-state index contributed by atoms with van der Waals surface area (Å²) in [7, 11) is 0. The van der Waals surface area contributed by atoms with Crippen LogP contribution in [-0.4, -0.2) is 18.2 Å². The second-order valence-electron chi connectivity index (χ2n) is 6.08. The van der Waals surface area contributed by atoms with Gasteiger partial charge in [0, 0.05) is 23.2 Å². The van der Waals surface area contributed by atoms with Gasteiger partial charge in [0.1, 0.15) is 0 Å². The van der Waals surface area contributed by atoms with Crippen LogP contribution in [-0.2, 0) is 0 Å². The van der Waals surface area contributed by atoms with Crippen LogP contribution in [0, 0.1) is 5.41 Å². The average molecular weight is 340 g/mol. The fourth-order valence-electron chi connectivity index (χ4n) is 3.25. The molecule has 0 bridgehead atoms. The summed E-state index contributed by atoms with van der Waals surface area (Å²) in [6, 6.07) is 6.32. The van der Waals surface area contributed by atoms with Crippen molar-refractivity contribution in [2.24, 2.45) is 5.41 Å². The fourth-order valence-corrected chi connectivity index (χ4v) is 3.95. The maximum atomic E-state index is 9.69. The van der Waals surface area contributed by atoms with Gasteiger partial charge in [-0.1, -0.05) is 48.7 Å². The second kappa shape index (κ2) is 6.48. The van der Waals surface area contributed by atoms with Crippen LogP contribution in [0.4, 0.5) is 5.69 Å². The number of nitrogens with zero attached hydrogens (tertiary/aromatic N) is 1. The summed E-state index contributed by atoms with van der Waals surface area (Å²) >= 11 is 3.58. The molecule has 2 rings (SSSR count). The first-order valence-corrected chi connectivity index (χ1v) is 8.53. The van der Waals surface area contributed by atoms with Crippen molar-refractivity contribution < 1.29 is 5.11 Å². The zero-order valence-corrected chi connectivity index (χ0v) is 14.4. The van der Waals surface area contributed by atoms with Crippen molar-refractivity contribution in [3.63, 3.8) is 0 Å². The lowest BCUT2D eigenvalue weighted by atomic mass is 9.74. The Hall–Kier alpha value is -0.540. The van der Waals surface area contributed by atoms with Gasteiger partial charge in [-0.05, 0) is 42.9 Å². The molecule has 1 fully saturated rings. The Morgan fingerprint density at radius 2 is 1.85 bits per heavy atom. The summed E-state index contributed by atoms with van der Waals surface area (Å²) in [5, 5.41) is 9.69. The lowest BCUT2D eigenvalue weighted by Gasteiger charge is -2.42. The lowest BCUT2D eigenvalue weighted by molar-refractivity contribution is 0.198. The van der Waals surface area contributed by atoms with Crippen molar-refractivity contribution in [3.05, 3.63) is 28.2 Å². The molecule has 1 aliphatic rings. The van der Waals surface area contributed by atoms with Crippen LogP contribution >= 0.6 is 15.9 Å². The Balaban J connectivity index is 2.09. The SMILES string of the molecule is CCC1(CC)CCN(c2ccc([C@@H](C)O)c(Br)c2)CC1. The number of halogens is 1. The first-order chi connectivity index (χ1) is 9.51. The van der Waals surface area contributed by atoms with E-state index in [0.29, 0.717) is 5.41 Å². The number of rotatable bonds is 4. The monoisotopic (exact) mass is 339 g/mol. The zero-order valence-electron chi connectivity index (χ0n) is 12.8. The van der Waals surface area contributed by atoms with Crippen LogP contribution in [0.5, 0.6) is 0 Å². The highest BCUT2D eigenvalue weighted by Crippen LogP contribution is 2.39. The topological polar surface area (TPSA) is 23.5 Å². The maximum Gasteiger partial charge on any atom is 0.0772 e. The maximum absolute atomic E-state index is 9.69. The van der Waals surface area contributed by atoms with Crippen LogP contribution in [0.2, 0.25) is 0 Å². The minimum Gasteiger partial charge on any atom is -0.389 e. The van der Waals surface area contributed by atoms with E-state index in [1.807, 2.05) is 6.07 Å². The molecular weight excluding hydrogens is 314 g/mol. The standard InChI is InChI=1S/C17H26BrNO/c1-4-17(5-2)8-10-19(11-9-17)14-6-7-15(13(3)20)16(18)12-14/h6-7,12-13,20H,4-5,8-11H2,1-3H3/t13-/m1/s1. The Morgan fingerprint density at radius 1 is 1.25 bits per heavy atom. The number of benzene rings is 1. The Morgan fingerprint density at radius 3 is 2.30 bits per heavy atom. The predicted molar refractivity (Wildman–Crippen MR) is 89.2 cm³/mol. The van der Waals surface area contributed by atoms with Gasteiger partial charge in [-0.2, -0.15) is 0 Å². The summed E-state index contributed by atoms with van der Waals surface area (Å²) in [4.78, 5) is 2.47. The minimum absolute atomic E-state index is 0.424. The highest BCUT2D eigenvalue weighted by atomic mass is 79.9. The van der Waals surface area contributed by atoms with Crippen LogP contribution in [0.3, 0.4) is 0 Å². The van der Waals surface area contributed by atoms with E-state index in [9.17, 15) is 5.11 Å². The van der Waals surface area contributed by atoms with E-state index in [0.717, 1.165) is 23.1 Å². The van der Waals surface area contributed by atoms with Gasteiger partial charge in [-0.25, -0.2) is 0 Å². The van der Waals surface area contributed by atoms with Gasteiger partial charge >= 0.3 is 0 Å². The Kier molecular flexibility index (Phi) is 5.14. The molecule has 0 aliphatic carbocycles. The minimum atomic E-state index is -0.424. The van der Waals surface area contributed by atoms with E-state index >= 15 is 0 Å². The molecule has 1 heterocycles. The number of piperidine rings is 1. The normalized spacial score (nSPS) is 19.9. The van der Waals surface area contributed by atoms with Gasteiger partial charge < -0.3 is 10.0 Å². The summed E-state index contributed by atoms with van der Waals surface area (Å²) < 4.78 is 1.01. The molecule has 1 aromatic carbocycles. The fraction of sp³-hybridized carbons (Fsp3) is 0.647. The molecule has 0 radical (unpaired) electrons. The first kappa shape index (κ1) is 15.8. The molecule has 2 nitrogen and oxygen atoms in total. The zero-order chi connectivity index (χ0) is 14.8. The van der Waals surface area contributed by atoms with Crippen LogP contribution in [0.15, 0.2) is 22.7 Å². The number of anilines is 1. The van der Waals surface area contributed by atoms with E-state index < -0.39 is 6.10 Å². The third kappa shape index (κ3) is 3.20. The van der Waals surface area contributed by atoms with Gasteiger partial charge in [-0.3, -0.25) is 0 Å². The highest BCUT2D eigenvalue weighted by Gasteiger charge is 2.31. The molecule has 1 atom stereocenters. The van der Waals surface area contributed by atoms with Crippen molar-refractivity contribution in [1.82, 2.24) is 0 Å². The third-order valence-corrected chi connectivity index (χ3v) is 5.81. The Labute approximate surface area is 131 Å². The molecule has 0 saturated carbocycles. The molecule has 3 heteroatoms. The third-order valence-electron chi connectivity index (χ3n) is 5.12. The van der Waals surface area contributed by atoms with E-state index in [-0.39, 0.29) is 0 Å². The molecule has 0 unspecified atom stereocenters. The molecule has 0 amide bonds. The Bertz CT molecular complexity index is 444. The molecule has 0 spiro atoms. The molecule has 1 saturated heterocycles. The number of hydrogen-bond donors (Lipinski definition) is 1. The van der Waals surface area contributed by atoms with Crippen molar-refractivity contribution in [2.45, 2.75) is 52.6 Å². The molecule has 1 aromatic rings. The van der Waals surface area contributed by atoms with Crippen LogP contribution in [0.1, 0.15) is 58.1 Å². The summed E-state index contributed by atoms with van der Waals surface area (Å²) in [5.74, 6) is 0. The van der Waals surface area contributed by atoms with Crippen molar-refractivity contribution >= 4 is 21.6 Å². The quantitative estimate of drug-likeness (QED) is 0.842. The number of hydrogen-bond acceptors (Lipinski definition) is 2. The van der Waals surface area contributed by atoms with Crippen molar-refractivity contribution in [3.8, 4) is 0 Å². The molecular formula is C17H26BrNO. The highest BCUT2D eigenvalue weighted by molar-refractivity contribution is 9.10. The molecule has 112 valence electrons. The second-order valence-corrected chi connectivity index (χ2v) is 6.93. The molecule has 1 aliphatic heterocycles. The van der Waals surface area contributed by atoms with Gasteiger partial charge in [0.15, 0.2) is 0 Å². The van der Waals surface area contributed by atoms with Crippen LogP contribution in [0.25, 0.3) is 0 Å². The van der Waals surface area contributed by atoms with E-state index in [1.54, 1.807) is 6.92 Å².